The van der Waals surface area contributed by atoms with Gasteiger partial charge in [0.1, 0.15) is 0 Å². The van der Waals surface area contributed by atoms with Gasteiger partial charge in [-0.2, -0.15) is 4.31 Å². The van der Waals surface area contributed by atoms with Crippen molar-refractivity contribution in [3.05, 3.63) is 54.0 Å². The summed E-state index contributed by atoms with van der Waals surface area (Å²) >= 11 is 0. The van der Waals surface area contributed by atoms with Crippen molar-refractivity contribution < 1.29 is 17.9 Å². The Labute approximate surface area is 124 Å². The molecule has 0 saturated carbocycles. The average molecular weight is 309 g/mol. The molecule has 0 fully saturated rings. The maximum atomic E-state index is 12.4. The molecule has 114 valence electrons. The van der Waals surface area contributed by atoms with Crippen molar-refractivity contribution in [3.63, 3.8) is 0 Å². The van der Waals surface area contributed by atoms with Crippen LogP contribution >= 0.6 is 0 Å². The average Bonchev–Trinajstić information content (AvgIpc) is 2.98. The minimum absolute atomic E-state index is 0.132. The Kier molecular flexibility index (Phi) is 5.17. The molecule has 0 bridgehead atoms. The van der Waals surface area contributed by atoms with Crippen LogP contribution in [0, 0.1) is 0 Å². The van der Waals surface area contributed by atoms with Crippen LogP contribution in [0.25, 0.3) is 0 Å². The number of sulfonamides is 1. The molecule has 0 aliphatic heterocycles. The first-order valence-corrected chi connectivity index (χ1v) is 8.15. The summed E-state index contributed by atoms with van der Waals surface area (Å²) in [5.41, 5.74) is 1.82. The fourth-order valence-corrected chi connectivity index (χ4v) is 3.17. The van der Waals surface area contributed by atoms with Gasteiger partial charge in [0.25, 0.3) is 0 Å². The van der Waals surface area contributed by atoms with Gasteiger partial charge in [0.2, 0.25) is 10.0 Å². The van der Waals surface area contributed by atoms with E-state index >= 15 is 0 Å². The van der Waals surface area contributed by atoms with Gasteiger partial charge in [0, 0.05) is 25.8 Å². The van der Waals surface area contributed by atoms with E-state index in [9.17, 15) is 8.42 Å². The summed E-state index contributed by atoms with van der Waals surface area (Å²) in [5.74, 6) is 0. The van der Waals surface area contributed by atoms with E-state index in [0.717, 1.165) is 17.5 Å². The molecule has 0 spiro atoms. The fourth-order valence-electron chi connectivity index (χ4n) is 2.02. The molecular weight excluding hydrogens is 290 g/mol. The van der Waals surface area contributed by atoms with Gasteiger partial charge in [-0.15, -0.1) is 0 Å². The second-order valence-corrected chi connectivity index (χ2v) is 6.91. The molecule has 0 atom stereocenters. The van der Waals surface area contributed by atoms with Crippen molar-refractivity contribution in [2.75, 3.05) is 13.7 Å². The lowest BCUT2D eigenvalue weighted by molar-refractivity contribution is 0.288. The zero-order chi connectivity index (χ0) is 15.3. The third-order valence-electron chi connectivity index (χ3n) is 3.24. The molecule has 0 radical (unpaired) electrons. The van der Waals surface area contributed by atoms with Crippen LogP contribution in [0.1, 0.15) is 17.5 Å². The molecule has 0 amide bonds. The first-order valence-electron chi connectivity index (χ1n) is 6.71. The third kappa shape index (κ3) is 3.93. The van der Waals surface area contributed by atoms with Gasteiger partial charge < -0.3 is 9.52 Å². The zero-order valence-corrected chi connectivity index (χ0v) is 12.7. The maximum absolute atomic E-state index is 12.4. The van der Waals surface area contributed by atoms with Crippen LogP contribution in [0.2, 0.25) is 0 Å². The van der Waals surface area contributed by atoms with Gasteiger partial charge >= 0.3 is 0 Å². The summed E-state index contributed by atoms with van der Waals surface area (Å²) in [6.45, 7) is 0.401. The summed E-state index contributed by atoms with van der Waals surface area (Å²) in [7, 11) is -1.97. The molecule has 6 heteroatoms. The molecule has 0 unspecified atom stereocenters. The highest BCUT2D eigenvalue weighted by atomic mass is 32.2. The maximum Gasteiger partial charge on any atom is 0.243 e. The van der Waals surface area contributed by atoms with Gasteiger partial charge in [0.05, 0.1) is 17.4 Å². The molecule has 5 nitrogen and oxygen atoms in total. The molecule has 1 N–H and O–H groups in total. The second kappa shape index (κ2) is 6.89. The number of nitrogens with zero attached hydrogens (tertiary/aromatic N) is 1. The van der Waals surface area contributed by atoms with E-state index in [-0.39, 0.29) is 18.0 Å². The molecule has 1 aromatic carbocycles. The summed E-state index contributed by atoms with van der Waals surface area (Å²) in [6, 6.07) is 8.52. The number of hydrogen-bond donors (Lipinski definition) is 1. The lowest BCUT2D eigenvalue weighted by Gasteiger charge is -2.16. The zero-order valence-electron chi connectivity index (χ0n) is 11.9. The second-order valence-electron chi connectivity index (χ2n) is 4.86. The third-order valence-corrected chi connectivity index (χ3v) is 5.06. The van der Waals surface area contributed by atoms with Gasteiger partial charge in [-0.05, 0) is 36.6 Å². The minimum Gasteiger partial charge on any atom is -0.472 e. The molecule has 0 saturated heterocycles. The number of aliphatic hydroxyl groups is 1. The number of benzene rings is 1. The molecule has 0 aliphatic rings. The number of furan rings is 1. The molecular formula is C15H19NO4S. The summed E-state index contributed by atoms with van der Waals surface area (Å²) < 4.78 is 31.1. The molecule has 1 aromatic heterocycles. The Balaban J connectivity index is 2.11. The first kappa shape index (κ1) is 15.8. The molecule has 21 heavy (non-hydrogen) atoms. The SMILES string of the molecule is CN(Cc1ccoc1)S(=O)(=O)c1ccc(CCCO)cc1. The predicted molar refractivity (Wildman–Crippen MR) is 79.2 cm³/mol. The topological polar surface area (TPSA) is 70.8 Å². The lowest BCUT2D eigenvalue weighted by Crippen LogP contribution is -2.26. The van der Waals surface area contributed by atoms with Crippen LogP contribution in [0.4, 0.5) is 0 Å². The van der Waals surface area contributed by atoms with E-state index in [2.05, 4.69) is 0 Å². The van der Waals surface area contributed by atoms with Crippen LogP contribution in [0.15, 0.2) is 52.2 Å². The standard InChI is InChI=1S/C15H19NO4S/c1-16(11-14-8-10-20-12-14)21(18,19)15-6-4-13(5-7-15)3-2-9-17/h4-8,10,12,17H,2-3,9,11H2,1H3. The Morgan fingerprint density at radius 2 is 1.86 bits per heavy atom. The smallest absolute Gasteiger partial charge is 0.243 e. The number of rotatable bonds is 7. The van der Waals surface area contributed by atoms with E-state index in [1.54, 1.807) is 37.4 Å². The predicted octanol–water partition coefficient (Wildman–Crippen LogP) is 2.03. The fraction of sp³-hybridized carbons (Fsp3) is 0.333. The monoisotopic (exact) mass is 309 g/mol. The van der Waals surface area contributed by atoms with Crippen molar-refractivity contribution in [1.82, 2.24) is 4.31 Å². The molecule has 2 rings (SSSR count). The van der Waals surface area contributed by atoms with Gasteiger partial charge in [-0.25, -0.2) is 8.42 Å². The van der Waals surface area contributed by atoms with Crippen LogP contribution in [-0.2, 0) is 23.0 Å². The quantitative estimate of drug-likeness (QED) is 0.849. The Hall–Kier alpha value is -1.63. The van der Waals surface area contributed by atoms with Crippen LogP contribution in [0.3, 0.4) is 0 Å². The highest BCUT2D eigenvalue weighted by molar-refractivity contribution is 7.89. The van der Waals surface area contributed by atoms with Crippen LogP contribution in [-0.4, -0.2) is 31.5 Å². The molecule has 1 heterocycles. The van der Waals surface area contributed by atoms with Crippen molar-refractivity contribution in [3.8, 4) is 0 Å². The highest BCUT2D eigenvalue weighted by Crippen LogP contribution is 2.18. The minimum atomic E-state index is -3.51. The lowest BCUT2D eigenvalue weighted by atomic mass is 10.1. The number of hydrogen-bond acceptors (Lipinski definition) is 4. The van der Waals surface area contributed by atoms with Gasteiger partial charge in [-0.3, -0.25) is 0 Å². The summed E-state index contributed by atoms with van der Waals surface area (Å²) in [6.07, 6.45) is 4.46. The van der Waals surface area contributed by atoms with E-state index in [4.69, 9.17) is 9.52 Å². The summed E-state index contributed by atoms with van der Waals surface area (Å²) in [5, 5.41) is 8.80. The van der Waals surface area contributed by atoms with Crippen LogP contribution < -0.4 is 0 Å². The van der Waals surface area contributed by atoms with E-state index in [0.29, 0.717) is 6.42 Å². The van der Waals surface area contributed by atoms with Crippen molar-refractivity contribution in [2.45, 2.75) is 24.3 Å². The molecule has 2 aromatic rings. The number of aryl methyl sites for hydroxylation is 1. The highest BCUT2D eigenvalue weighted by Gasteiger charge is 2.21. The Morgan fingerprint density at radius 3 is 2.43 bits per heavy atom. The van der Waals surface area contributed by atoms with E-state index in [1.165, 1.54) is 16.8 Å². The first-order chi connectivity index (χ1) is 10.0. The normalized spacial score (nSPS) is 12.0. The van der Waals surface area contributed by atoms with Crippen molar-refractivity contribution in [1.29, 1.82) is 0 Å². The largest absolute Gasteiger partial charge is 0.472 e. The Bertz CT molecular complexity index is 647. The molecule has 0 aliphatic carbocycles. The Morgan fingerprint density at radius 1 is 1.14 bits per heavy atom. The van der Waals surface area contributed by atoms with Crippen LogP contribution in [0.5, 0.6) is 0 Å². The van der Waals surface area contributed by atoms with Gasteiger partial charge in [0.15, 0.2) is 0 Å². The van der Waals surface area contributed by atoms with Gasteiger partial charge in [-0.1, -0.05) is 12.1 Å². The van der Waals surface area contributed by atoms with E-state index < -0.39 is 10.0 Å². The van der Waals surface area contributed by atoms with Crippen molar-refractivity contribution >= 4 is 10.0 Å². The summed E-state index contributed by atoms with van der Waals surface area (Å²) in [4.78, 5) is 0.265. The van der Waals surface area contributed by atoms with Crippen molar-refractivity contribution in [2.24, 2.45) is 0 Å². The van der Waals surface area contributed by atoms with E-state index in [1.807, 2.05) is 0 Å². The number of aliphatic hydroxyl groups excluding tert-OH is 1.